The van der Waals surface area contributed by atoms with Gasteiger partial charge in [-0.2, -0.15) is 0 Å². The first-order valence-electron chi connectivity index (χ1n) is 8.56. The molecule has 0 radical (unpaired) electrons. The Hall–Kier alpha value is -2.33. The predicted octanol–water partition coefficient (Wildman–Crippen LogP) is 3.82. The number of likely N-dealkylation sites (tertiary alicyclic amines) is 1. The van der Waals surface area contributed by atoms with Crippen LogP contribution in [0, 0.1) is 0 Å². The summed E-state index contributed by atoms with van der Waals surface area (Å²) in [5.74, 6) is 2.35. The van der Waals surface area contributed by atoms with Gasteiger partial charge in [0, 0.05) is 24.2 Å². The van der Waals surface area contributed by atoms with Gasteiger partial charge in [0.2, 0.25) is 0 Å². The van der Waals surface area contributed by atoms with Gasteiger partial charge in [-0.25, -0.2) is 4.98 Å². The average Bonchev–Trinajstić information content (AvgIpc) is 3.01. The van der Waals surface area contributed by atoms with Crippen LogP contribution in [-0.4, -0.2) is 41.5 Å². The molecule has 0 aliphatic carbocycles. The van der Waals surface area contributed by atoms with Crippen LogP contribution in [0.4, 0.5) is 0 Å². The number of likely N-dealkylation sites (N-methyl/N-ethyl adjacent to an activating group) is 1. The number of imidazole rings is 1. The van der Waals surface area contributed by atoms with Crippen LogP contribution in [0.25, 0.3) is 16.9 Å². The summed E-state index contributed by atoms with van der Waals surface area (Å²) in [7, 11) is 3.90. The Labute approximate surface area is 142 Å². The molecule has 0 saturated carbocycles. The van der Waals surface area contributed by atoms with Crippen LogP contribution in [0.2, 0.25) is 0 Å². The van der Waals surface area contributed by atoms with Gasteiger partial charge in [-0.05, 0) is 50.7 Å². The number of benzene rings is 1. The lowest BCUT2D eigenvalue weighted by Gasteiger charge is -2.28. The van der Waals surface area contributed by atoms with Gasteiger partial charge in [-0.15, -0.1) is 0 Å². The number of hydrogen-bond donors (Lipinski definition) is 0. The Kier molecular flexibility index (Phi) is 3.98. The van der Waals surface area contributed by atoms with E-state index in [9.17, 15) is 0 Å². The number of rotatable bonds is 3. The van der Waals surface area contributed by atoms with Crippen molar-refractivity contribution in [3.8, 4) is 17.1 Å². The molecule has 1 atom stereocenters. The maximum atomic E-state index is 5.38. The summed E-state index contributed by atoms with van der Waals surface area (Å²) in [6.07, 6.45) is 4.55. The van der Waals surface area contributed by atoms with Crippen LogP contribution in [0.15, 0.2) is 48.7 Å². The first-order chi connectivity index (χ1) is 11.8. The molecule has 4 rings (SSSR count). The van der Waals surface area contributed by atoms with Crippen molar-refractivity contribution in [3.63, 3.8) is 0 Å². The predicted molar refractivity (Wildman–Crippen MR) is 96.7 cm³/mol. The topological polar surface area (TPSA) is 29.8 Å². The van der Waals surface area contributed by atoms with Crippen LogP contribution in [0.1, 0.15) is 24.5 Å². The molecule has 1 aromatic carbocycles. The highest BCUT2D eigenvalue weighted by Gasteiger charge is 2.24. The molecule has 1 aliphatic heterocycles. The second-order valence-electron chi connectivity index (χ2n) is 6.61. The van der Waals surface area contributed by atoms with Crippen LogP contribution in [0.3, 0.4) is 0 Å². The molecular formula is C20H23N3O. The number of methoxy groups -OCH3 is 1. The molecule has 0 bridgehead atoms. The molecule has 2 aromatic heterocycles. The van der Waals surface area contributed by atoms with Crippen LogP contribution < -0.4 is 4.74 Å². The molecule has 1 unspecified atom stereocenters. The first-order valence-corrected chi connectivity index (χ1v) is 8.56. The monoisotopic (exact) mass is 321 g/mol. The van der Waals surface area contributed by atoms with E-state index in [1.165, 1.54) is 30.6 Å². The van der Waals surface area contributed by atoms with Crippen molar-refractivity contribution in [1.29, 1.82) is 0 Å². The van der Waals surface area contributed by atoms with E-state index in [1.54, 1.807) is 7.11 Å². The minimum absolute atomic E-state index is 0.500. The summed E-state index contributed by atoms with van der Waals surface area (Å²) < 4.78 is 7.59. The third-order valence-corrected chi connectivity index (χ3v) is 4.92. The largest absolute Gasteiger partial charge is 0.497 e. The molecule has 3 aromatic rings. The number of aromatic nitrogens is 2. The van der Waals surface area contributed by atoms with Crippen molar-refractivity contribution in [2.75, 3.05) is 27.2 Å². The number of hydrogen-bond acceptors (Lipinski definition) is 3. The van der Waals surface area contributed by atoms with E-state index < -0.39 is 0 Å². The summed E-state index contributed by atoms with van der Waals surface area (Å²) in [6.45, 7) is 2.27. The van der Waals surface area contributed by atoms with Crippen molar-refractivity contribution >= 4 is 5.52 Å². The van der Waals surface area contributed by atoms with Gasteiger partial charge >= 0.3 is 0 Å². The third kappa shape index (κ3) is 2.67. The molecule has 0 amide bonds. The fraction of sp³-hybridized carbons (Fsp3) is 0.350. The van der Waals surface area contributed by atoms with E-state index in [2.05, 4.69) is 52.9 Å². The summed E-state index contributed by atoms with van der Waals surface area (Å²) >= 11 is 0. The molecule has 1 aliphatic rings. The second kappa shape index (κ2) is 6.29. The molecule has 4 nitrogen and oxygen atoms in total. The SMILES string of the molecule is COc1cccc(-c2nc(C3CCCN(C)C3)c3ccccn23)c1. The molecule has 0 spiro atoms. The maximum absolute atomic E-state index is 5.38. The van der Waals surface area contributed by atoms with Gasteiger partial charge in [0.15, 0.2) is 0 Å². The van der Waals surface area contributed by atoms with Gasteiger partial charge in [-0.3, -0.25) is 4.40 Å². The summed E-state index contributed by atoms with van der Waals surface area (Å²) in [5.41, 5.74) is 3.53. The molecule has 3 heterocycles. The Morgan fingerprint density at radius 3 is 2.92 bits per heavy atom. The molecular weight excluding hydrogens is 298 g/mol. The summed E-state index contributed by atoms with van der Waals surface area (Å²) in [5, 5.41) is 0. The zero-order chi connectivity index (χ0) is 16.5. The Morgan fingerprint density at radius 2 is 2.08 bits per heavy atom. The van der Waals surface area contributed by atoms with E-state index in [0.29, 0.717) is 5.92 Å². The summed E-state index contributed by atoms with van der Waals surface area (Å²) in [6, 6.07) is 14.5. The lowest BCUT2D eigenvalue weighted by molar-refractivity contribution is 0.249. The van der Waals surface area contributed by atoms with E-state index in [1.807, 2.05) is 12.1 Å². The number of piperidine rings is 1. The number of ether oxygens (including phenoxy) is 1. The fourth-order valence-electron chi connectivity index (χ4n) is 3.72. The van der Waals surface area contributed by atoms with Gasteiger partial charge < -0.3 is 9.64 Å². The quantitative estimate of drug-likeness (QED) is 0.734. The highest BCUT2D eigenvalue weighted by molar-refractivity contribution is 5.67. The molecule has 1 fully saturated rings. The average molecular weight is 321 g/mol. The van der Waals surface area contributed by atoms with Gasteiger partial charge in [-0.1, -0.05) is 18.2 Å². The third-order valence-electron chi connectivity index (χ3n) is 4.92. The number of nitrogens with zero attached hydrogens (tertiary/aromatic N) is 3. The highest BCUT2D eigenvalue weighted by Crippen LogP contribution is 2.32. The molecule has 4 heteroatoms. The number of pyridine rings is 1. The minimum Gasteiger partial charge on any atom is -0.497 e. The van der Waals surface area contributed by atoms with Crippen LogP contribution in [0.5, 0.6) is 5.75 Å². The van der Waals surface area contributed by atoms with E-state index in [4.69, 9.17) is 9.72 Å². The minimum atomic E-state index is 0.500. The smallest absolute Gasteiger partial charge is 0.144 e. The van der Waals surface area contributed by atoms with Crippen LogP contribution >= 0.6 is 0 Å². The standard InChI is InChI=1S/C20H23N3O/c1-22-11-6-8-16(14-22)19-18-10-3-4-12-23(18)20(21-19)15-7-5-9-17(13-15)24-2/h3-5,7,9-10,12-13,16H,6,8,11,14H2,1-2H3. The van der Waals surface area contributed by atoms with Crippen molar-refractivity contribution in [2.24, 2.45) is 0 Å². The van der Waals surface area contributed by atoms with Crippen molar-refractivity contribution in [2.45, 2.75) is 18.8 Å². The maximum Gasteiger partial charge on any atom is 0.144 e. The number of fused-ring (bicyclic) bond motifs is 1. The zero-order valence-corrected chi connectivity index (χ0v) is 14.3. The molecule has 0 N–H and O–H groups in total. The fourth-order valence-corrected chi connectivity index (χ4v) is 3.72. The Balaban J connectivity index is 1.84. The molecule has 124 valence electrons. The van der Waals surface area contributed by atoms with E-state index >= 15 is 0 Å². The second-order valence-corrected chi connectivity index (χ2v) is 6.61. The molecule has 1 saturated heterocycles. The highest BCUT2D eigenvalue weighted by atomic mass is 16.5. The normalized spacial score (nSPS) is 18.8. The molecule has 24 heavy (non-hydrogen) atoms. The lowest BCUT2D eigenvalue weighted by atomic mass is 9.94. The van der Waals surface area contributed by atoms with Crippen molar-refractivity contribution in [1.82, 2.24) is 14.3 Å². The Bertz CT molecular complexity index is 855. The summed E-state index contributed by atoms with van der Waals surface area (Å²) in [4.78, 5) is 7.48. The first kappa shape index (κ1) is 15.2. The lowest BCUT2D eigenvalue weighted by Crippen LogP contribution is -2.31. The van der Waals surface area contributed by atoms with Crippen molar-refractivity contribution in [3.05, 3.63) is 54.4 Å². The van der Waals surface area contributed by atoms with Crippen molar-refractivity contribution < 1.29 is 4.74 Å². The van der Waals surface area contributed by atoms with Crippen LogP contribution in [-0.2, 0) is 0 Å². The van der Waals surface area contributed by atoms with Gasteiger partial charge in [0.05, 0.1) is 18.3 Å². The zero-order valence-electron chi connectivity index (χ0n) is 14.3. The van der Waals surface area contributed by atoms with E-state index in [-0.39, 0.29) is 0 Å². The Morgan fingerprint density at radius 1 is 1.17 bits per heavy atom. The van der Waals surface area contributed by atoms with E-state index in [0.717, 1.165) is 23.7 Å². The van der Waals surface area contributed by atoms with Gasteiger partial charge in [0.1, 0.15) is 11.6 Å². The van der Waals surface area contributed by atoms with Gasteiger partial charge in [0.25, 0.3) is 0 Å².